The molecule has 0 aliphatic carbocycles. The van der Waals surface area contributed by atoms with Gasteiger partial charge in [0.25, 0.3) is 0 Å². The van der Waals surface area contributed by atoms with Crippen molar-refractivity contribution in [3.63, 3.8) is 0 Å². The van der Waals surface area contributed by atoms with Crippen LogP contribution < -0.4 is 5.32 Å². The van der Waals surface area contributed by atoms with Crippen molar-refractivity contribution in [2.24, 2.45) is 5.41 Å². The minimum atomic E-state index is -0.807. The first-order chi connectivity index (χ1) is 12.8. The number of anilines is 1. The number of carbonyl (C=O) groups is 1. The van der Waals surface area contributed by atoms with Gasteiger partial charge in [-0.3, -0.25) is 9.69 Å². The number of amides is 1. The van der Waals surface area contributed by atoms with Crippen LogP contribution in [0.3, 0.4) is 0 Å². The molecule has 146 valence electrons. The van der Waals surface area contributed by atoms with E-state index in [0.29, 0.717) is 17.9 Å². The summed E-state index contributed by atoms with van der Waals surface area (Å²) in [5, 5.41) is 7.33. The van der Waals surface area contributed by atoms with Crippen LogP contribution in [0.15, 0.2) is 30.5 Å². The lowest BCUT2D eigenvalue weighted by Gasteiger charge is -2.33. The number of hydrogen-bond acceptors (Lipinski definition) is 3. The molecule has 1 N–H and O–H groups in total. The summed E-state index contributed by atoms with van der Waals surface area (Å²) in [6.07, 6.45) is 3.35. The Labute approximate surface area is 158 Å². The van der Waals surface area contributed by atoms with Gasteiger partial charge in [0.15, 0.2) is 11.6 Å². The number of piperidine rings is 1. The van der Waals surface area contributed by atoms with Gasteiger partial charge in [0.2, 0.25) is 5.91 Å². The zero-order chi connectivity index (χ0) is 19.6. The highest BCUT2D eigenvalue weighted by Gasteiger charge is 2.26. The van der Waals surface area contributed by atoms with Crippen LogP contribution in [0.2, 0.25) is 0 Å². The van der Waals surface area contributed by atoms with Crippen molar-refractivity contribution in [2.45, 2.75) is 46.2 Å². The highest BCUT2D eigenvalue weighted by molar-refractivity contribution is 5.93. The number of nitrogens with zero attached hydrogens (tertiary/aromatic N) is 3. The normalized spacial score (nSPS) is 16.5. The number of carbonyl (C=O) groups excluding carboxylic acids is 1. The van der Waals surface area contributed by atoms with E-state index in [-0.39, 0.29) is 11.9 Å². The van der Waals surface area contributed by atoms with Crippen LogP contribution >= 0.6 is 0 Å². The first-order valence-corrected chi connectivity index (χ1v) is 9.26. The summed E-state index contributed by atoms with van der Waals surface area (Å²) in [6.45, 7) is 7.51. The highest BCUT2D eigenvalue weighted by Crippen LogP contribution is 2.27. The van der Waals surface area contributed by atoms with E-state index in [1.807, 2.05) is 25.5 Å². The fourth-order valence-electron chi connectivity index (χ4n) is 3.24. The van der Waals surface area contributed by atoms with Gasteiger partial charge in [0.05, 0.1) is 12.2 Å². The minimum absolute atomic E-state index is 0.0525. The van der Waals surface area contributed by atoms with E-state index in [0.717, 1.165) is 32.0 Å². The number of likely N-dealkylation sites (tertiary alicyclic amines) is 1. The predicted molar refractivity (Wildman–Crippen MR) is 100 cm³/mol. The molecule has 1 amide bonds. The number of rotatable bonds is 4. The lowest BCUT2D eigenvalue weighted by Crippen LogP contribution is -2.35. The molecule has 3 rings (SSSR count). The van der Waals surface area contributed by atoms with E-state index in [1.54, 1.807) is 18.3 Å². The van der Waals surface area contributed by atoms with Gasteiger partial charge in [-0.05, 0) is 18.9 Å². The molecule has 0 radical (unpaired) electrons. The molecule has 1 aromatic carbocycles. The second-order valence-corrected chi connectivity index (χ2v) is 8.09. The van der Waals surface area contributed by atoms with Gasteiger partial charge in [0.1, 0.15) is 5.82 Å². The van der Waals surface area contributed by atoms with Crippen LogP contribution in [0.25, 0.3) is 0 Å². The Hall–Kier alpha value is -2.28. The van der Waals surface area contributed by atoms with E-state index in [4.69, 9.17) is 0 Å². The number of nitrogens with one attached hydrogen (secondary N) is 1. The summed E-state index contributed by atoms with van der Waals surface area (Å²) in [7, 11) is 0. The zero-order valence-electron chi connectivity index (χ0n) is 16.0. The van der Waals surface area contributed by atoms with E-state index >= 15 is 0 Å². The Morgan fingerprint density at radius 3 is 2.59 bits per heavy atom. The zero-order valence-corrected chi connectivity index (χ0v) is 16.0. The molecule has 0 bridgehead atoms. The number of halogens is 2. The smallest absolute Gasteiger partial charge is 0.230 e. The average molecular weight is 376 g/mol. The van der Waals surface area contributed by atoms with Gasteiger partial charge >= 0.3 is 0 Å². The Balaban J connectivity index is 1.61. The fraction of sp³-hybridized carbons (Fsp3) is 0.500. The summed E-state index contributed by atoms with van der Waals surface area (Å²) in [6, 6.07) is 6.27. The molecule has 0 unspecified atom stereocenters. The van der Waals surface area contributed by atoms with Gasteiger partial charge in [-0.25, -0.2) is 13.5 Å². The summed E-state index contributed by atoms with van der Waals surface area (Å²) in [4.78, 5) is 14.4. The third kappa shape index (κ3) is 4.53. The summed E-state index contributed by atoms with van der Waals surface area (Å²) >= 11 is 0. The maximum absolute atomic E-state index is 13.9. The van der Waals surface area contributed by atoms with Gasteiger partial charge in [-0.15, -0.1) is 0 Å². The minimum Gasteiger partial charge on any atom is -0.310 e. The molecule has 5 nitrogen and oxygen atoms in total. The molecule has 2 aromatic rings. The van der Waals surface area contributed by atoms with Gasteiger partial charge in [-0.1, -0.05) is 32.9 Å². The van der Waals surface area contributed by atoms with E-state index in [2.05, 4.69) is 15.3 Å². The van der Waals surface area contributed by atoms with Crippen LogP contribution in [-0.4, -0.2) is 33.7 Å². The second kappa shape index (κ2) is 7.76. The maximum atomic E-state index is 13.9. The van der Waals surface area contributed by atoms with Gasteiger partial charge in [0, 0.05) is 36.7 Å². The Morgan fingerprint density at radius 2 is 1.93 bits per heavy atom. The number of aromatic nitrogens is 2. The van der Waals surface area contributed by atoms with Crippen LogP contribution in [0.5, 0.6) is 0 Å². The second-order valence-electron chi connectivity index (χ2n) is 8.09. The summed E-state index contributed by atoms with van der Waals surface area (Å²) in [5.74, 6) is -0.926. The lowest BCUT2D eigenvalue weighted by molar-refractivity contribution is -0.123. The molecular formula is C20H26F2N4O. The van der Waals surface area contributed by atoms with E-state index in [9.17, 15) is 13.6 Å². The number of hydrogen-bond donors (Lipinski definition) is 1. The van der Waals surface area contributed by atoms with Crippen LogP contribution in [0.1, 0.15) is 45.2 Å². The average Bonchev–Trinajstić information content (AvgIpc) is 3.07. The molecule has 1 aliphatic rings. The molecule has 0 atom stereocenters. The van der Waals surface area contributed by atoms with Crippen LogP contribution in [0, 0.1) is 17.0 Å². The predicted octanol–water partition coefficient (Wildman–Crippen LogP) is 3.98. The van der Waals surface area contributed by atoms with Crippen molar-refractivity contribution in [1.82, 2.24) is 14.7 Å². The quantitative estimate of drug-likeness (QED) is 0.878. The third-order valence-corrected chi connectivity index (χ3v) is 4.92. The monoisotopic (exact) mass is 376 g/mol. The Bertz CT molecular complexity index is 805. The standard InChI is InChI=1S/C20H26F2N4O/c1-20(2,3)19(27)24-17-7-10-23-26(17)15-8-11-25(12-9-15)13-14-5-4-6-16(21)18(14)22/h4-7,10,15H,8-9,11-13H2,1-3H3,(H,24,27). The molecule has 1 fully saturated rings. The molecule has 2 heterocycles. The largest absolute Gasteiger partial charge is 0.310 e. The van der Waals surface area contributed by atoms with Crippen molar-refractivity contribution in [3.8, 4) is 0 Å². The van der Waals surface area contributed by atoms with E-state index < -0.39 is 17.0 Å². The SMILES string of the molecule is CC(C)(C)C(=O)Nc1ccnn1C1CCN(Cc2cccc(F)c2F)CC1. The Morgan fingerprint density at radius 1 is 1.22 bits per heavy atom. The van der Waals surface area contributed by atoms with Crippen molar-refractivity contribution < 1.29 is 13.6 Å². The van der Waals surface area contributed by atoms with Crippen molar-refractivity contribution in [2.75, 3.05) is 18.4 Å². The topological polar surface area (TPSA) is 50.2 Å². The summed E-state index contributed by atoms with van der Waals surface area (Å²) in [5.41, 5.74) is -0.0984. The molecule has 0 saturated carbocycles. The Kier molecular flexibility index (Phi) is 5.60. The fourth-order valence-corrected chi connectivity index (χ4v) is 3.24. The molecule has 0 spiro atoms. The van der Waals surface area contributed by atoms with Crippen molar-refractivity contribution in [1.29, 1.82) is 0 Å². The molecule has 1 aliphatic heterocycles. The molecule has 7 heteroatoms. The van der Waals surface area contributed by atoms with Crippen molar-refractivity contribution >= 4 is 11.7 Å². The van der Waals surface area contributed by atoms with Crippen LogP contribution in [0.4, 0.5) is 14.6 Å². The maximum Gasteiger partial charge on any atom is 0.230 e. The van der Waals surface area contributed by atoms with Crippen LogP contribution in [-0.2, 0) is 11.3 Å². The first-order valence-electron chi connectivity index (χ1n) is 9.26. The van der Waals surface area contributed by atoms with Gasteiger partial charge in [-0.2, -0.15) is 5.10 Å². The molecule has 1 aromatic heterocycles. The summed E-state index contributed by atoms with van der Waals surface area (Å²) < 4.78 is 29.1. The third-order valence-electron chi connectivity index (χ3n) is 4.92. The van der Waals surface area contributed by atoms with Gasteiger partial charge < -0.3 is 5.32 Å². The number of benzene rings is 1. The molecular weight excluding hydrogens is 350 g/mol. The van der Waals surface area contributed by atoms with Crippen molar-refractivity contribution in [3.05, 3.63) is 47.7 Å². The molecule has 1 saturated heterocycles. The van der Waals surface area contributed by atoms with E-state index in [1.165, 1.54) is 6.07 Å². The highest BCUT2D eigenvalue weighted by atomic mass is 19.2. The molecule has 27 heavy (non-hydrogen) atoms. The lowest BCUT2D eigenvalue weighted by atomic mass is 9.96. The first kappa shape index (κ1) is 19.5.